The minimum Gasteiger partial charge on any atom is -0.478 e. The number of nitrogens with one attached hydrogen (secondary N) is 1. The van der Waals surface area contributed by atoms with E-state index in [4.69, 9.17) is 27.5 Å². The molecule has 0 radical (unpaired) electrons. The van der Waals surface area contributed by atoms with Gasteiger partial charge in [-0.25, -0.2) is 18.4 Å². The molecule has 0 unspecified atom stereocenters. The molecule has 0 bridgehead atoms. The summed E-state index contributed by atoms with van der Waals surface area (Å²) in [6, 6.07) is 9.34. The Balaban J connectivity index is 0.000000777. The van der Waals surface area contributed by atoms with E-state index < -0.39 is 53.1 Å². The summed E-state index contributed by atoms with van der Waals surface area (Å²) in [4.78, 5) is 48.6. The average molecular weight is 653 g/mol. The number of benzene rings is 2. The molecule has 6 N–H and O–H groups in total. The van der Waals surface area contributed by atoms with Crippen LogP contribution in [0, 0.1) is 23.5 Å². The maximum atomic E-state index is 14.0. The summed E-state index contributed by atoms with van der Waals surface area (Å²) in [5.74, 6) is -5.60. The molecule has 0 spiro atoms. The SMILES string of the molecule is CC(C)[C@H](C[C@H](O)[C@@H](N)CN1CC(=O)N(c2ccccc2Cl)CC1(C)C)C(=O)Nc1ccc(F)cc1F.O=C(O)/C=C/C(=O)O. The van der Waals surface area contributed by atoms with E-state index in [-0.39, 0.29) is 37.0 Å². The molecule has 2 aromatic carbocycles. The van der Waals surface area contributed by atoms with Gasteiger partial charge in [-0.05, 0) is 50.5 Å². The Kier molecular flexibility index (Phi) is 13.6. The number of hydrogen-bond acceptors (Lipinski definition) is 7. The van der Waals surface area contributed by atoms with Crippen molar-refractivity contribution >= 4 is 46.7 Å². The van der Waals surface area contributed by atoms with Crippen molar-refractivity contribution in [1.29, 1.82) is 0 Å². The number of aliphatic hydroxyl groups is 1. The van der Waals surface area contributed by atoms with Crippen LogP contribution in [-0.2, 0) is 19.2 Å². The summed E-state index contributed by atoms with van der Waals surface area (Å²) >= 11 is 6.31. The summed E-state index contributed by atoms with van der Waals surface area (Å²) in [6.45, 7) is 8.33. The third kappa shape index (κ3) is 11.2. The largest absolute Gasteiger partial charge is 0.478 e. The lowest BCUT2D eigenvalue weighted by atomic mass is 9.86. The van der Waals surface area contributed by atoms with Crippen LogP contribution >= 0.6 is 11.6 Å². The van der Waals surface area contributed by atoms with Crippen LogP contribution in [0.4, 0.5) is 20.2 Å². The van der Waals surface area contributed by atoms with E-state index in [0.717, 1.165) is 12.1 Å². The number of rotatable bonds is 11. The van der Waals surface area contributed by atoms with Gasteiger partial charge in [0.05, 0.1) is 29.0 Å². The fourth-order valence-corrected chi connectivity index (χ4v) is 4.93. The molecule has 2 amide bonds. The second kappa shape index (κ2) is 16.4. The summed E-state index contributed by atoms with van der Waals surface area (Å²) in [5, 5.41) is 29.5. The van der Waals surface area contributed by atoms with Crippen molar-refractivity contribution < 1.29 is 43.3 Å². The number of carbonyl (C=O) groups is 4. The third-order valence-electron chi connectivity index (χ3n) is 7.29. The standard InChI is InChI=1S/C27H35ClF2N4O3.C4H4O4/c1-16(2)18(26(37)32-22-10-9-17(29)11-20(22)30)12-24(35)21(31)13-33-14-25(36)34(15-27(33,3)4)23-8-6-5-7-19(23)28;5-3(6)1-2-4(7)8/h5-11,16,18,21,24,35H,12-15,31H2,1-4H3,(H,32,37);1-2H,(H,5,6)(H,7,8)/b;2-1+/t18-,21-,24-;/m0./s1. The van der Waals surface area contributed by atoms with Crippen molar-refractivity contribution in [2.45, 2.75) is 51.8 Å². The maximum absolute atomic E-state index is 14.0. The molecule has 2 aromatic rings. The first-order chi connectivity index (χ1) is 20.9. The number of aliphatic hydroxyl groups excluding tert-OH is 1. The molecule has 1 saturated heterocycles. The number of nitrogens with zero attached hydrogens (tertiary/aromatic N) is 2. The van der Waals surface area contributed by atoms with Crippen molar-refractivity contribution in [2.24, 2.45) is 17.6 Å². The topological polar surface area (TPSA) is 173 Å². The first-order valence-electron chi connectivity index (χ1n) is 14.1. The molecule has 1 fully saturated rings. The highest BCUT2D eigenvalue weighted by Gasteiger charge is 2.40. The van der Waals surface area contributed by atoms with Gasteiger partial charge in [-0.15, -0.1) is 0 Å². The van der Waals surface area contributed by atoms with E-state index >= 15 is 0 Å². The van der Waals surface area contributed by atoms with Gasteiger partial charge < -0.3 is 31.3 Å². The van der Waals surface area contributed by atoms with E-state index in [0.29, 0.717) is 35.5 Å². The van der Waals surface area contributed by atoms with Crippen LogP contribution in [0.5, 0.6) is 0 Å². The molecule has 0 saturated carbocycles. The Bertz CT molecular complexity index is 1390. The van der Waals surface area contributed by atoms with Crippen LogP contribution in [0.25, 0.3) is 0 Å². The van der Waals surface area contributed by atoms with Crippen LogP contribution in [0.2, 0.25) is 5.02 Å². The van der Waals surface area contributed by atoms with Gasteiger partial charge >= 0.3 is 11.9 Å². The number of amides is 2. The van der Waals surface area contributed by atoms with E-state index in [9.17, 15) is 33.1 Å². The molecule has 1 heterocycles. The van der Waals surface area contributed by atoms with Crippen molar-refractivity contribution in [3.8, 4) is 0 Å². The third-order valence-corrected chi connectivity index (χ3v) is 7.61. The molecule has 0 aromatic heterocycles. The number of nitrogens with two attached hydrogens (primary N) is 1. The lowest BCUT2D eigenvalue weighted by Crippen LogP contribution is -2.64. The van der Waals surface area contributed by atoms with Crippen molar-refractivity contribution in [3.05, 3.63) is 71.3 Å². The van der Waals surface area contributed by atoms with Gasteiger partial charge in [0.25, 0.3) is 0 Å². The molecule has 1 aliphatic heterocycles. The van der Waals surface area contributed by atoms with Crippen LogP contribution < -0.4 is 16.0 Å². The van der Waals surface area contributed by atoms with Crippen molar-refractivity contribution in [1.82, 2.24) is 4.90 Å². The predicted molar refractivity (Wildman–Crippen MR) is 166 cm³/mol. The van der Waals surface area contributed by atoms with Crippen LogP contribution in [0.15, 0.2) is 54.6 Å². The number of para-hydroxylation sites is 1. The molecule has 0 aliphatic carbocycles. The Hall–Kier alpha value is -3.91. The van der Waals surface area contributed by atoms with Gasteiger partial charge in [0.1, 0.15) is 11.6 Å². The molecule has 3 rings (SSSR count). The van der Waals surface area contributed by atoms with Crippen molar-refractivity contribution in [3.63, 3.8) is 0 Å². The van der Waals surface area contributed by atoms with Gasteiger partial charge in [-0.1, -0.05) is 37.6 Å². The fraction of sp³-hybridized carbons (Fsp3) is 0.419. The number of carboxylic acids is 2. The molecular weight excluding hydrogens is 614 g/mol. The molecule has 246 valence electrons. The summed E-state index contributed by atoms with van der Waals surface area (Å²) in [7, 11) is 0. The van der Waals surface area contributed by atoms with Crippen LogP contribution in [0.3, 0.4) is 0 Å². The number of carboxylic acid groups (broad SMARTS) is 2. The van der Waals surface area contributed by atoms with Gasteiger partial charge in [0.15, 0.2) is 0 Å². The van der Waals surface area contributed by atoms with Gasteiger partial charge in [0.2, 0.25) is 11.8 Å². The highest BCUT2D eigenvalue weighted by atomic mass is 35.5. The van der Waals surface area contributed by atoms with Crippen molar-refractivity contribution in [2.75, 3.05) is 29.9 Å². The smallest absolute Gasteiger partial charge is 0.328 e. The number of aliphatic carboxylic acids is 2. The molecule has 1 aliphatic rings. The molecule has 3 atom stereocenters. The molecular formula is C31H39ClF2N4O7. The Morgan fingerprint density at radius 2 is 1.69 bits per heavy atom. The zero-order chi connectivity index (χ0) is 34.1. The van der Waals surface area contributed by atoms with E-state index in [1.807, 2.05) is 38.7 Å². The second-order valence-corrected chi connectivity index (χ2v) is 12.0. The Labute approximate surface area is 265 Å². The highest BCUT2D eigenvalue weighted by molar-refractivity contribution is 6.33. The average Bonchev–Trinajstić information content (AvgIpc) is 2.94. The monoisotopic (exact) mass is 652 g/mol. The van der Waals surface area contributed by atoms with E-state index in [2.05, 4.69) is 5.32 Å². The maximum Gasteiger partial charge on any atom is 0.328 e. The first-order valence-corrected chi connectivity index (χ1v) is 14.4. The zero-order valence-electron chi connectivity index (χ0n) is 25.4. The quantitative estimate of drug-likeness (QED) is 0.227. The number of hydrogen-bond donors (Lipinski definition) is 5. The number of halogens is 3. The minimum absolute atomic E-state index is 0.0431. The van der Waals surface area contributed by atoms with Crippen LogP contribution in [0.1, 0.15) is 34.1 Å². The molecule has 14 heteroatoms. The molecule has 45 heavy (non-hydrogen) atoms. The van der Waals surface area contributed by atoms with Gasteiger partial charge in [0, 0.05) is 48.8 Å². The minimum atomic E-state index is -1.26. The van der Waals surface area contributed by atoms with E-state index in [1.54, 1.807) is 23.1 Å². The predicted octanol–water partition coefficient (Wildman–Crippen LogP) is 3.75. The fourth-order valence-electron chi connectivity index (χ4n) is 4.69. The summed E-state index contributed by atoms with van der Waals surface area (Å²) < 4.78 is 27.2. The zero-order valence-corrected chi connectivity index (χ0v) is 26.2. The lowest BCUT2D eigenvalue weighted by Gasteiger charge is -2.47. The number of anilines is 2. The number of carbonyl (C=O) groups excluding carboxylic acids is 2. The lowest BCUT2D eigenvalue weighted by molar-refractivity contribution is -0.134. The van der Waals surface area contributed by atoms with E-state index in [1.165, 1.54) is 0 Å². The number of piperazine rings is 1. The summed E-state index contributed by atoms with van der Waals surface area (Å²) in [6.07, 6.45) is 0.107. The molecule has 11 nitrogen and oxygen atoms in total. The normalized spacial score (nSPS) is 16.9. The summed E-state index contributed by atoms with van der Waals surface area (Å²) in [5.41, 5.74) is 6.41. The Morgan fingerprint density at radius 1 is 1.09 bits per heavy atom. The second-order valence-electron chi connectivity index (χ2n) is 11.6. The van der Waals surface area contributed by atoms with Gasteiger partial charge in [-0.3, -0.25) is 14.5 Å². The highest BCUT2D eigenvalue weighted by Crippen LogP contribution is 2.31. The van der Waals surface area contributed by atoms with Gasteiger partial charge in [-0.2, -0.15) is 0 Å². The first kappa shape index (κ1) is 37.3. The van der Waals surface area contributed by atoms with Crippen LogP contribution in [-0.4, -0.2) is 81.3 Å². The Morgan fingerprint density at radius 3 is 2.22 bits per heavy atom.